The maximum atomic E-state index is 12.1. The number of halogens is 3. The van der Waals surface area contributed by atoms with Crippen LogP contribution in [0.25, 0.3) is 4.65 Å². The molecule has 480 valence electrons. The molecule has 8 rings (SSSR count). The Bertz CT molecular complexity index is 3780. The molecule has 5 amide bonds. The number of nitrogens with one attached hydrogen (secondary N) is 6. The number of nitrogens with zero attached hydrogens (tertiary/aromatic N) is 10. The first-order valence-corrected chi connectivity index (χ1v) is 39.3. The number of primary amides is 1. The molecule has 89 heavy (non-hydrogen) atoms. The molecule has 2 aliphatic carbocycles. The van der Waals surface area contributed by atoms with Crippen LogP contribution in [0, 0.1) is 11.8 Å². The third-order valence-corrected chi connectivity index (χ3v) is 19.9. The average molecular weight is 1380 g/mol. The van der Waals surface area contributed by atoms with Crippen LogP contribution >= 0.6 is 34.8 Å². The van der Waals surface area contributed by atoms with Crippen LogP contribution in [-0.2, 0) is 39.1 Å². The second-order valence-corrected chi connectivity index (χ2v) is 37.3. The van der Waals surface area contributed by atoms with Gasteiger partial charge in [0.15, 0.2) is 62.7 Å². The smallest absolute Gasteiger partial charge is 0.668 e. The topological polar surface area (TPSA) is 442 Å². The Morgan fingerprint density at radius 2 is 0.921 bits per heavy atom. The Balaban J connectivity index is 0.000000570. The number of nitrogens with two attached hydrogens (primary N) is 2. The van der Waals surface area contributed by atoms with E-state index in [1.807, 2.05) is 0 Å². The number of amides is 5. The molecule has 6 aromatic heterocycles. The third kappa shape index (κ3) is 28.7. The number of aromatic nitrogens is 9. The number of sulfone groups is 3. The quantitative estimate of drug-likeness (QED) is 0.0682. The van der Waals surface area contributed by atoms with Crippen LogP contribution in [0.5, 0.6) is 0 Å². The van der Waals surface area contributed by atoms with Crippen LogP contribution in [0.3, 0.4) is 0 Å². The fourth-order valence-corrected chi connectivity index (χ4v) is 17.6. The van der Waals surface area contributed by atoms with Gasteiger partial charge in [0.2, 0.25) is 11.8 Å². The number of pyridine rings is 3. The van der Waals surface area contributed by atoms with Crippen LogP contribution < -0.4 is 62.2 Å². The van der Waals surface area contributed by atoms with Gasteiger partial charge in [-0.3, -0.25) is 24.0 Å². The van der Waals surface area contributed by atoms with Crippen molar-refractivity contribution in [3.8, 4) is 0 Å². The van der Waals surface area contributed by atoms with Crippen LogP contribution in [0.15, 0.2) is 87.9 Å². The monoisotopic (exact) mass is 1380 g/mol. The first kappa shape index (κ1) is 80.2. The van der Waals surface area contributed by atoms with Crippen molar-refractivity contribution in [1.82, 2.24) is 61.5 Å². The van der Waals surface area contributed by atoms with Gasteiger partial charge in [-0.2, -0.15) is 0 Å². The van der Waals surface area contributed by atoms with Crippen molar-refractivity contribution in [2.75, 3.05) is 61.6 Å². The first-order valence-electron chi connectivity index (χ1n) is 25.6. The molecule has 2 aliphatic rings. The van der Waals surface area contributed by atoms with E-state index in [0.29, 0.717) is 0 Å². The Morgan fingerprint density at radius 1 is 0.551 bits per heavy atom. The maximum absolute atomic E-state index is 12.1. The summed E-state index contributed by atoms with van der Waals surface area (Å²) in [6.45, 7) is 13.8. The van der Waals surface area contributed by atoms with Gasteiger partial charge in [-0.25, -0.2) is 40.2 Å². The molecular formula is C51H72Cl3LiN18O11S3Si2. The molecule has 0 radical (unpaired) electrons. The van der Waals surface area contributed by atoms with Gasteiger partial charge in [-0.05, 0) is 68.1 Å². The normalized spacial score (nSPS) is 12.4. The molecule has 0 spiro atoms. The molecule has 6 heterocycles. The van der Waals surface area contributed by atoms with Crippen molar-refractivity contribution in [1.29, 1.82) is 0 Å². The van der Waals surface area contributed by atoms with Gasteiger partial charge >= 0.3 is 18.9 Å². The molecule has 2 fully saturated rings. The summed E-state index contributed by atoms with van der Waals surface area (Å²) in [5.41, 5.74) is 10.5. The second kappa shape index (κ2) is 35.5. The van der Waals surface area contributed by atoms with Crippen molar-refractivity contribution >= 4 is 145 Å². The number of hydrogen-bond acceptors (Lipinski definition) is 23. The van der Waals surface area contributed by atoms with Gasteiger partial charge in [0.05, 0.1) is 16.4 Å². The van der Waals surface area contributed by atoms with E-state index >= 15 is 0 Å². The van der Waals surface area contributed by atoms with Gasteiger partial charge < -0.3 is 48.0 Å². The van der Waals surface area contributed by atoms with E-state index in [0.717, 1.165) is 44.5 Å². The predicted octanol–water partition coefficient (Wildman–Crippen LogP) is 3.52. The summed E-state index contributed by atoms with van der Waals surface area (Å²) >= 11 is 16.9. The Labute approximate surface area is 547 Å². The number of anilines is 6. The van der Waals surface area contributed by atoms with Crippen molar-refractivity contribution in [2.45, 2.75) is 87.1 Å². The summed E-state index contributed by atoms with van der Waals surface area (Å²) < 4.78 is 74.2. The molecule has 0 bridgehead atoms. The third-order valence-electron chi connectivity index (χ3n) is 10.5. The Morgan fingerprint density at radius 3 is 1.26 bits per heavy atom. The minimum atomic E-state index is -3.56. The zero-order chi connectivity index (χ0) is 65.8. The molecule has 0 unspecified atom stereocenters. The number of carbonyl (C=O) groups is 5. The molecule has 0 aromatic carbocycles. The van der Waals surface area contributed by atoms with Crippen LogP contribution in [-0.4, -0.2) is 157 Å². The van der Waals surface area contributed by atoms with E-state index in [1.165, 1.54) is 94.3 Å². The van der Waals surface area contributed by atoms with Gasteiger partial charge in [-0.1, -0.05) is 98.0 Å². The fraction of sp³-hybridized carbons (Fsp3) is 0.373. The second-order valence-electron chi connectivity index (χ2n) is 20.6. The first-order chi connectivity index (χ1) is 40.3. The zero-order valence-electron chi connectivity index (χ0n) is 50.4. The molecule has 0 aliphatic heterocycles. The van der Waals surface area contributed by atoms with E-state index in [-0.39, 0.29) is 138 Å². The van der Waals surface area contributed by atoms with Gasteiger partial charge in [0.25, 0.3) is 17.7 Å². The molecule has 0 atom stereocenters. The van der Waals surface area contributed by atoms with Gasteiger partial charge in [0.1, 0.15) is 32.1 Å². The largest absolute Gasteiger partial charge is 1.00 e. The average Bonchev–Trinajstić information content (AvgIpc) is 4.31. The summed E-state index contributed by atoms with van der Waals surface area (Å²) in [6.07, 6.45) is 11.2. The number of rotatable bonds is 15. The number of nitrogen functional groups attached to an aromatic ring is 1. The maximum Gasteiger partial charge on any atom is 1.00 e. The van der Waals surface area contributed by atoms with Crippen LogP contribution in [0.4, 0.5) is 34.6 Å². The molecule has 0 saturated heterocycles. The molecule has 6 aromatic rings. The summed E-state index contributed by atoms with van der Waals surface area (Å²) in [5.74, 6) is -1.19. The van der Waals surface area contributed by atoms with E-state index in [1.54, 1.807) is 0 Å². The Hall–Kier alpha value is -6.85. The molecule has 38 heteroatoms. The Kier molecular flexibility index (Phi) is 32.0. The van der Waals surface area contributed by atoms with E-state index in [2.05, 4.69) is 117 Å². The SMILES string of the molecule is C.CNC(=O)c1nnc(Cl)cc1Cl.CNC(=O)c1nnc(Cl)cc1Nc1ncccc1S(C)(=O)=O.CNC(=O)c1nnc(NC(=O)C2CC2)cc1Nc1ncccc1S(C)(=O)=O.CS(=O)(=O)c1cccnc1N.C[Si](C)(C)[N-][Si](C)(C)C.NC(=O)C1CC1.[Li+]. The predicted molar refractivity (Wildman–Crippen MR) is 344 cm³/mol. The van der Waals surface area contributed by atoms with E-state index < -0.39 is 57.8 Å². The van der Waals surface area contributed by atoms with Gasteiger partial charge in [0, 0.05) is 82.5 Å². The minimum Gasteiger partial charge on any atom is -0.668 e. The summed E-state index contributed by atoms with van der Waals surface area (Å²) in [5, 5.41) is 37.8. The van der Waals surface area contributed by atoms with E-state index in [9.17, 15) is 49.2 Å². The molecule has 10 N–H and O–H groups in total. The molecule has 2 saturated carbocycles. The van der Waals surface area contributed by atoms with Gasteiger partial charge in [-0.15, -0.1) is 30.6 Å². The van der Waals surface area contributed by atoms with Crippen LogP contribution in [0.2, 0.25) is 54.6 Å². The van der Waals surface area contributed by atoms with Crippen LogP contribution in [0.1, 0.15) is 64.6 Å². The van der Waals surface area contributed by atoms with Crippen molar-refractivity contribution in [3.05, 3.63) is 110 Å². The minimum absolute atomic E-state index is 0. The molecular weight excluding hydrogens is 1310 g/mol. The number of carbonyl (C=O) groups excluding carboxylic acids is 5. The molecule has 29 nitrogen and oxygen atoms in total. The summed E-state index contributed by atoms with van der Waals surface area (Å²) in [4.78, 5) is 68.5. The van der Waals surface area contributed by atoms with Crippen molar-refractivity contribution in [2.24, 2.45) is 17.6 Å². The van der Waals surface area contributed by atoms with E-state index in [4.69, 9.17) is 50.9 Å². The standard InChI is InChI=1S/C16H18N6O4S.C12H12ClN5O3S.C6H5Cl2N3O.C6H8N2O2S.C6H18NSi2.C4H7NO.CH4.Li/c1-17-16(24)13-10(8-12(21-22-13)20-15(23)9-5-6-9)19-14-11(27(2,25)26)4-3-7-18-14;1-14-12(19)10-7(6-9(13)17-18-10)16-11-8(22(2,20)21)4-3-5-15-11;1-9-6(12)5-3(7)2-4(8)10-11-5;1-11(9,10)5-3-2-4-8-6(5)7;1-8(2,3)7-9(4,5)6;5-4(6)3-1-2-3;;/h3-4,7-9H,5-6H2,1-2H3,(H,17,24)(H2,18,19,20,21,23);3-6H,1-2H3,(H,14,19)(H,15,16,17);2H,1H3,(H,9,12);2-4H,1H3,(H2,7,8);1-6H3;3H,1-2H2,(H2,5,6);1H4;/q;;;;-1;;;+1. The summed E-state index contributed by atoms with van der Waals surface area (Å²) in [6, 6.07) is 12.9. The number of hydrogen-bond donors (Lipinski definition) is 8. The van der Waals surface area contributed by atoms with Crippen molar-refractivity contribution < 1.29 is 68.1 Å². The van der Waals surface area contributed by atoms with Crippen molar-refractivity contribution in [3.63, 3.8) is 0 Å². The summed E-state index contributed by atoms with van der Waals surface area (Å²) in [7, 11) is -8.14. The fourth-order valence-electron chi connectivity index (χ4n) is 6.69. The zero-order valence-corrected chi connectivity index (χ0v) is 57.1.